The van der Waals surface area contributed by atoms with Gasteiger partial charge in [0, 0.05) is 49.3 Å². The molecule has 0 radical (unpaired) electrons. The third kappa shape index (κ3) is 4.00. The van der Waals surface area contributed by atoms with Gasteiger partial charge in [0.1, 0.15) is 5.82 Å². The predicted molar refractivity (Wildman–Crippen MR) is 128 cm³/mol. The molecule has 1 spiro atoms. The van der Waals surface area contributed by atoms with Gasteiger partial charge in [-0.2, -0.15) is 5.10 Å². The van der Waals surface area contributed by atoms with Crippen molar-refractivity contribution in [3.63, 3.8) is 0 Å². The second kappa shape index (κ2) is 8.29. The molecule has 2 amide bonds. The molecule has 1 aliphatic carbocycles. The molecule has 180 valence electrons. The number of likely N-dealkylation sites (tertiary alicyclic amines) is 2. The monoisotopic (exact) mass is 474 g/mol. The Balaban J connectivity index is 1.20. The maximum absolute atomic E-state index is 14.8. The molecule has 1 unspecified atom stereocenters. The van der Waals surface area contributed by atoms with Crippen LogP contribution in [0, 0.1) is 17.2 Å². The van der Waals surface area contributed by atoms with Crippen molar-refractivity contribution in [3.8, 4) is 0 Å². The Morgan fingerprint density at radius 1 is 1.03 bits per heavy atom. The fourth-order valence-corrected chi connectivity index (χ4v) is 5.67. The van der Waals surface area contributed by atoms with E-state index in [-0.39, 0.29) is 34.3 Å². The van der Waals surface area contributed by atoms with E-state index in [9.17, 15) is 18.8 Å². The molecule has 35 heavy (non-hydrogen) atoms. The molecule has 1 N–H and O–H groups in total. The number of fused-ring (bicyclic) bond motifs is 1. The summed E-state index contributed by atoms with van der Waals surface area (Å²) in [5.74, 6) is -0.396. The lowest BCUT2D eigenvalue weighted by Crippen LogP contribution is -2.36. The van der Waals surface area contributed by atoms with Crippen LogP contribution in [0.4, 0.5) is 4.39 Å². The first-order valence-electron chi connectivity index (χ1n) is 12.3. The summed E-state index contributed by atoms with van der Waals surface area (Å²) >= 11 is 0. The number of H-pyrrole nitrogens is 1. The number of carbonyl (C=O) groups excluding carboxylic acids is 2. The Bertz CT molecular complexity index is 1400. The molecule has 8 heteroatoms. The van der Waals surface area contributed by atoms with Crippen molar-refractivity contribution in [2.45, 2.75) is 32.1 Å². The minimum Gasteiger partial charge on any atom is -0.342 e. The van der Waals surface area contributed by atoms with Crippen LogP contribution in [0.25, 0.3) is 10.8 Å². The zero-order valence-corrected chi connectivity index (χ0v) is 19.4. The summed E-state index contributed by atoms with van der Waals surface area (Å²) in [5.41, 5.74) is 1.13. The first kappa shape index (κ1) is 21.9. The highest BCUT2D eigenvalue weighted by Crippen LogP contribution is 2.42. The average Bonchev–Trinajstić information content (AvgIpc) is 3.52. The van der Waals surface area contributed by atoms with E-state index in [1.54, 1.807) is 29.2 Å². The predicted octanol–water partition coefficient (Wildman–Crippen LogP) is 3.13. The van der Waals surface area contributed by atoms with E-state index < -0.39 is 5.82 Å². The van der Waals surface area contributed by atoms with Crippen LogP contribution in [-0.2, 0) is 11.2 Å². The van der Waals surface area contributed by atoms with Crippen molar-refractivity contribution in [1.29, 1.82) is 0 Å². The summed E-state index contributed by atoms with van der Waals surface area (Å²) in [6, 6.07) is 11.8. The molecular formula is C27H27FN4O3. The molecule has 3 fully saturated rings. The number of aromatic nitrogens is 2. The molecule has 2 saturated heterocycles. The number of benzene rings is 2. The molecule has 6 rings (SSSR count). The standard InChI is InChI=1S/C27H27FN4O3/c28-22-8-5-17(14-23-19-3-1-2-4-20(19)24(33)30-29-23)13-21(22)26(35)32-12-10-27(16-32)9-11-31(15-27)25(34)18-6-7-18/h1-5,8,13,18H,6-7,9-12,14-16H2,(H,30,33). The van der Waals surface area contributed by atoms with Crippen LogP contribution in [0.5, 0.6) is 0 Å². The highest BCUT2D eigenvalue weighted by molar-refractivity contribution is 5.95. The Kier molecular flexibility index (Phi) is 5.20. The van der Waals surface area contributed by atoms with E-state index >= 15 is 0 Å². The van der Waals surface area contributed by atoms with Gasteiger partial charge in [0.25, 0.3) is 11.5 Å². The quantitative estimate of drug-likeness (QED) is 0.630. The number of hydrogen-bond donors (Lipinski definition) is 1. The Hall–Kier alpha value is -3.55. The van der Waals surface area contributed by atoms with Crippen LogP contribution in [0.1, 0.15) is 47.3 Å². The number of hydrogen-bond acceptors (Lipinski definition) is 4. The van der Waals surface area contributed by atoms with Crippen LogP contribution in [0.3, 0.4) is 0 Å². The van der Waals surface area contributed by atoms with Gasteiger partial charge >= 0.3 is 0 Å². The minimum absolute atomic E-state index is 0.0530. The van der Waals surface area contributed by atoms with Gasteiger partial charge in [0.15, 0.2) is 0 Å². The molecule has 7 nitrogen and oxygen atoms in total. The smallest absolute Gasteiger partial charge is 0.272 e. The van der Waals surface area contributed by atoms with Crippen LogP contribution in [0.15, 0.2) is 47.3 Å². The molecule has 1 saturated carbocycles. The average molecular weight is 475 g/mol. The normalized spacial score (nSPS) is 21.9. The van der Waals surface area contributed by atoms with Crippen molar-refractivity contribution in [3.05, 3.63) is 75.5 Å². The second-order valence-electron chi connectivity index (χ2n) is 10.3. The summed E-state index contributed by atoms with van der Waals surface area (Å²) < 4.78 is 14.8. The maximum Gasteiger partial charge on any atom is 0.272 e. The number of nitrogens with zero attached hydrogens (tertiary/aromatic N) is 3. The molecule has 2 aliphatic heterocycles. The van der Waals surface area contributed by atoms with E-state index in [4.69, 9.17) is 0 Å². The summed E-state index contributed by atoms with van der Waals surface area (Å²) in [6.07, 6.45) is 4.07. The minimum atomic E-state index is -0.545. The molecule has 0 bridgehead atoms. The van der Waals surface area contributed by atoms with E-state index in [2.05, 4.69) is 10.2 Å². The molecule has 1 aromatic heterocycles. The van der Waals surface area contributed by atoms with Crippen molar-refractivity contribution in [2.24, 2.45) is 11.3 Å². The largest absolute Gasteiger partial charge is 0.342 e. The van der Waals surface area contributed by atoms with Crippen molar-refractivity contribution < 1.29 is 14.0 Å². The zero-order chi connectivity index (χ0) is 24.2. The van der Waals surface area contributed by atoms with Gasteiger partial charge < -0.3 is 9.80 Å². The van der Waals surface area contributed by atoms with Crippen molar-refractivity contribution in [2.75, 3.05) is 26.2 Å². The van der Waals surface area contributed by atoms with Crippen LogP contribution in [-0.4, -0.2) is 58.0 Å². The SMILES string of the molecule is O=C(c1cc(Cc2n[nH]c(=O)c3ccccc23)ccc1F)N1CCC2(CCN(C(=O)C3CC3)C2)C1. The highest BCUT2D eigenvalue weighted by atomic mass is 19.1. The Morgan fingerprint density at radius 2 is 1.74 bits per heavy atom. The number of amides is 2. The summed E-state index contributed by atoms with van der Waals surface area (Å²) in [4.78, 5) is 41.6. The lowest BCUT2D eigenvalue weighted by Gasteiger charge is -2.25. The van der Waals surface area contributed by atoms with Crippen molar-refractivity contribution in [1.82, 2.24) is 20.0 Å². The molecule has 1 atom stereocenters. The van der Waals surface area contributed by atoms with E-state index in [0.29, 0.717) is 37.1 Å². The summed E-state index contributed by atoms with van der Waals surface area (Å²) in [7, 11) is 0. The molecular weight excluding hydrogens is 447 g/mol. The molecule has 3 aliphatic rings. The Labute approximate surface area is 201 Å². The van der Waals surface area contributed by atoms with Crippen LogP contribution in [0.2, 0.25) is 0 Å². The van der Waals surface area contributed by atoms with Gasteiger partial charge in [-0.25, -0.2) is 9.49 Å². The third-order valence-electron chi connectivity index (χ3n) is 7.81. The van der Waals surface area contributed by atoms with Crippen LogP contribution < -0.4 is 5.56 Å². The van der Waals surface area contributed by atoms with Crippen LogP contribution >= 0.6 is 0 Å². The topological polar surface area (TPSA) is 86.4 Å². The fourth-order valence-electron chi connectivity index (χ4n) is 5.67. The van der Waals surface area contributed by atoms with E-state index in [1.807, 2.05) is 17.0 Å². The Morgan fingerprint density at radius 3 is 2.51 bits per heavy atom. The summed E-state index contributed by atoms with van der Waals surface area (Å²) in [6.45, 7) is 2.57. The third-order valence-corrected chi connectivity index (χ3v) is 7.81. The fraction of sp³-hybridized carbons (Fsp3) is 0.407. The number of halogens is 1. The molecule has 3 aromatic rings. The number of nitrogens with one attached hydrogen (secondary N) is 1. The lowest BCUT2D eigenvalue weighted by molar-refractivity contribution is -0.131. The first-order chi connectivity index (χ1) is 16.9. The van der Waals surface area contributed by atoms with E-state index in [0.717, 1.165) is 43.2 Å². The lowest BCUT2D eigenvalue weighted by atomic mass is 9.86. The highest BCUT2D eigenvalue weighted by Gasteiger charge is 2.48. The first-order valence-corrected chi connectivity index (χ1v) is 12.3. The maximum atomic E-state index is 14.8. The van der Waals surface area contributed by atoms with Gasteiger partial charge in [0.05, 0.1) is 16.6 Å². The zero-order valence-electron chi connectivity index (χ0n) is 19.4. The molecule has 2 aromatic carbocycles. The molecule has 3 heterocycles. The van der Waals surface area contributed by atoms with Gasteiger partial charge in [-0.05, 0) is 49.4 Å². The summed E-state index contributed by atoms with van der Waals surface area (Å²) in [5, 5.41) is 8.01. The van der Waals surface area contributed by atoms with Crippen molar-refractivity contribution >= 4 is 22.6 Å². The van der Waals surface area contributed by atoms with Gasteiger partial charge in [-0.15, -0.1) is 0 Å². The van der Waals surface area contributed by atoms with Gasteiger partial charge in [-0.1, -0.05) is 24.3 Å². The number of rotatable bonds is 4. The number of carbonyl (C=O) groups is 2. The second-order valence-corrected chi connectivity index (χ2v) is 10.3. The van der Waals surface area contributed by atoms with E-state index in [1.165, 1.54) is 6.07 Å². The number of aromatic amines is 1. The van der Waals surface area contributed by atoms with Gasteiger partial charge in [0.2, 0.25) is 5.91 Å². The van der Waals surface area contributed by atoms with Gasteiger partial charge in [-0.3, -0.25) is 14.4 Å².